The van der Waals surface area contributed by atoms with E-state index in [0.29, 0.717) is 17.4 Å². The molecular weight excluding hydrogens is 326 g/mol. The fourth-order valence-corrected chi connectivity index (χ4v) is 2.67. The molecule has 0 saturated carbocycles. The minimum atomic E-state index is -0.121. The van der Waals surface area contributed by atoms with Gasteiger partial charge in [0.05, 0.1) is 12.2 Å². The van der Waals surface area contributed by atoms with Crippen LogP contribution >= 0.6 is 27.5 Å². The van der Waals surface area contributed by atoms with Crippen LogP contribution < -0.4 is 5.73 Å². The van der Waals surface area contributed by atoms with Gasteiger partial charge in [-0.25, -0.2) is 4.68 Å². The monoisotopic (exact) mass is 341 g/mol. The van der Waals surface area contributed by atoms with E-state index in [1.807, 2.05) is 24.3 Å². The van der Waals surface area contributed by atoms with Crippen molar-refractivity contribution in [3.05, 3.63) is 45.0 Å². The third-order valence-corrected chi connectivity index (χ3v) is 4.07. The summed E-state index contributed by atoms with van der Waals surface area (Å²) >= 11 is 9.81. The lowest BCUT2D eigenvalue weighted by atomic mass is 9.92. The lowest BCUT2D eigenvalue weighted by Crippen LogP contribution is -2.14. The van der Waals surface area contributed by atoms with Gasteiger partial charge in [0, 0.05) is 9.89 Å². The third kappa shape index (κ3) is 2.95. The number of hydrogen-bond donors (Lipinski definition) is 1. The van der Waals surface area contributed by atoms with Crippen LogP contribution in [0.1, 0.15) is 32.0 Å². The van der Waals surface area contributed by atoms with Crippen LogP contribution in [-0.2, 0) is 12.0 Å². The maximum absolute atomic E-state index is 6.28. The van der Waals surface area contributed by atoms with E-state index in [0.717, 1.165) is 15.7 Å². The molecule has 1 aromatic carbocycles. The van der Waals surface area contributed by atoms with Crippen LogP contribution in [0.4, 0.5) is 5.82 Å². The van der Waals surface area contributed by atoms with Gasteiger partial charge >= 0.3 is 0 Å². The van der Waals surface area contributed by atoms with Crippen LogP contribution in [0.25, 0.3) is 0 Å². The number of hydrogen-bond acceptors (Lipinski definition) is 2. The van der Waals surface area contributed by atoms with Gasteiger partial charge in [0.1, 0.15) is 10.8 Å². The normalized spacial score (nSPS) is 11.8. The number of nitrogen functional groups attached to an aromatic ring is 1. The predicted octanol–water partition coefficient (Wildman–Crippen LogP) is 4.23. The lowest BCUT2D eigenvalue weighted by molar-refractivity contribution is 0.546. The Morgan fingerprint density at radius 1 is 1.32 bits per heavy atom. The molecular formula is C14H17BrClN3. The molecule has 0 bridgehead atoms. The van der Waals surface area contributed by atoms with Gasteiger partial charge in [-0.1, -0.05) is 66.5 Å². The van der Waals surface area contributed by atoms with Crippen molar-refractivity contribution in [1.29, 1.82) is 0 Å². The van der Waals surface area contributed by atoms with E-state index in [-0.39, 0.29) is 5.41 Å². The van der Waals surface area contributed by atoms with Crippen molar-refractivity contribution >= 4 is 33.3 Å². The first kappa shape index (κ1) is 14.4. The van der Waals surface area contributed by atoms with Gasteiger partial charge in [0.25, 0.3) is 0 Å². The molecule has 5 heteroatoms. The molecule has 19 heavy (non-hydrogen) atoms. The summed E-state index contributed by atoms with van der Waals surface area (Å²) in [6.45, 7) is 6.82. The van der Waals surface area contributed by atoms with Gasteiger partial charge in [-0.15, -0.1) is 0 Å². The van der Waals surface area contributed by atoms with Crippen molar-refractivity contribution in [2.45, 2.75) is 32.7 Å². The highest BCUT2D eigenvalue weighted by Crippen LogP contribution is 2.33. The highest BCUT2D eigenvalue weighted by molar-refractivity contribution is 9.10. The lowest BCUT2D eigenvalue weighted by Gasteiger charge is -2.15. The molecule has 1 aromatic heterocycles. The zero-order valence-electron chi connectivity index (χ0n) is 11.2. The average molecular weight is 343 g/mol. The van der Waals surface area contributed by atoms with Crippen molar-refractivity contribution in [3.8, 4) is 0 Å². The topological polar surface area (TPSA) is 43.8 Å². The second-order valence-electron chi connectivity index (χ2n) is 5.55. The second kappa shape index (κ2) is 5.17. The van der Waals surface area contributed by atoms with Crippen LogP contribution in [0.2, 0.25) is 5.02 Å². The summed E-state index contributed by atoms with van der Waals surface area (Å²) in [6, 6.07) is 8.01. The number of anilines is 1. The van der Waals surface area contributed by atoms with E-state index in [2.05, 4.69) is 41.8 Å². The number of rotatable bonds is 2. The first-order valence-corrected chi connectivity index (χ1v) is 7.23. The zero-order valence-corrected chi connectivity index (χ0v) is 13.6. The van der Waals surface area contributed by atoms with Crippen LogP contribution in [-0.4, -0.2) is 9.78 Å². The number of nitrogens with zero attached hydrogens (tertiary/aromatic N) is 2. The fraction of sp³-hybridized carbons (Fsp3) is 0.357. The van der Waals surface area contributed by atoms with E-state index in [1.165, 1.54) is 0 Å². The largest absolute Gasteiger partial charge is 0.383 e. The molecule has 0 spiro atoms. The number of nitrogens with two attached hydrogens (primary N) is 1. The molecule has 3 nitrogen and oxygen atoms in total. The summed E-state index contributed by atoms with van der Waals surface area (Å²) in [6.07, 6.45) is 0. The van der Waals surface area contributed by atoms with E-state index in [9.17, 15) is 0 Å². The first-order valence-electron chi connectivity index (χ1n) is 6.06. The SMILES string of the molecule is CC(C)(C)c1nn(Cc2ccccc2Br)c(N)c1Cl. The molecule has 0 aliphatic carbocycles. The van der Waals surface area contributed by atoms with Gasteiger partial charge in [-0.05, 0) is 11.6 Å². The minimum Gasteiger partial charge on any atom is -0.383 e. The highest BCUT2D eigenvalue weighted by Gasteiger charge is 2.24. The van der Waals surface area contributed by atoms with Crippen molar-refractivity contribution < 1.29 is 0 Å². The summed E-state index contributed by atoms with van der Waals surface area (Å²) in [5.74, 6) is 0.516. The zero-order chi connectivity index (χ0) is 14.2. The Morgan fingerprint density at radius 3 is 2.47 bits per heavy atom. The third-order valence-electron chi connectivity index (χ3n) is 2.92. The molecule has 2 aromatic rings. The Morgan fingerprint density at radius 2 is 1.95 bits per heavy atom. The maximum atomic E-state index is 6.28. The first-order chi connectivity index (χ1) is 8.80. The Labute approximate surface area is 126 Å². The molecule has 0 unspecified atom stereocenters. The smallest absolute Gasteiger partial charge is 0.141 e. The van der Waals surface area contributed by atoms with E-state index in [4.69, 9.17) is 17.3 Å². The Balaban J connectivity index is 2.40. The van der Waals surface area contributed by atoms with Crippen molar-refractivity contribution in [2.24, 2.45) is 0 Å². The van der Waals surface area contributed by atoms with Gasteiger partial charge < -0.3 is 5.73 Å². The maximum Gasteiger partial charge on any atom is 0.141 e. The number of benzene rings is 1. The average Bonchev–Trinajstić information content (AvgIpc) is 2.60. The molecule has 0 aliphatic heterocycles. The van der Waals surface area contributed by atoms with Gasteiger partial charge in [0.2, 0.25) is 0 Å². The minimum absolute atomic E-state index is 0.121. The summed E-state index contributed by atoms with van der Waals surface area (Å²) < 4.78 is 2.79. The van der Waals surface area contributed by atoms with Crippen molar-refractivity contribution in [3.63, 3.8) is 0 Å². The highest BCUT2D eigenvalue weighted by atomic mass is 79.9. The quantitative estimate of drug-likeness (QED) is 0.887. The van der Waals surface area contributed by atoms with Crippen LogP contribution in [0.5, 0.6) is 0 Å². The summed E-state index contributed by atoms with van der Waals surface area (Å²) in [5, 5.41) is 5.11. The molecule has 0 fully saturated rings. The Bertz CT molecular complexity index is 599. The molecule has 0 aliphatic rings. The van der Waals surface area contributed by atoms with Crippen LogP contribution in [0.3, 0.4) is 0 Å². The Hall–Kier alpha value is -1.00. The molecule has 0 amide bonds. The molecule has 0 saturated heterocycles. The molecule has 2 rings (SSSR count). The van der Waals surface area contributed by atoms with Gasteiger partial charge in [-0.2, -0.15) is 5.10 Å². The fourth-order valence-electron chi connectivity index (χ4n) is 1.84. The molecule has 1 heterocycles. The van der Waals surface area contributed by atoms with Crippen LogP contribution in [0.15, 0.2) is 28.7 Å². The van der Waals surface area contributed by atoms with E-state index >= 15 is 0 Å². The van der Waals surface area contributed by atoms with E-state index < -0.39 is 0 Å². The van der Waals surface area contributed by atoms with Crippen molar-refractivity contribution in [2.75, 3.05) is 5.73 Å². The van der Waals surface area contributed by atoms with Crippen molar-refractivity contribution in [1.82, 2.24) is 9.78 Å². The summed E-state index contributed by atoms with van der Waals surface area (Å²) in [5.41, 5.74) is 7.88. The molecule has 102 valence electrons. The number of halogens is 2. The Kier molecular flexibility index (Phi) is 3.92. The van der Waals surface area contributed by atoms with Crippen LogP contribution in [0, 0.1) is 0 Å². The second-order valence-corrected chi connectivity index (χ2v) is 6.78. The summed E-state index contributed by atoms with van der Waals surface area (Å²) in [7, 11) is 0. The standard InChI is InChI=1S/C14H17BrClN3/c1-14(2,3)12-11(16)13(17)19(18-12)8-9-6-4-5-7-10(9)15/h4-7H,8,17H2,1-3H3. The predicted molar refractivity (Wildman–Crippen MR) is 83.6 cm³/mol. The number of aromatic nitrogens is 2. The van der Waals surface area contributed by atoms with E-state index in [1.54, 1.807) is 4.68 Å². The molecule has 0 atom stereocenters. The molecule has 2 N–H and O–H groups in total. The summed E-state index contributed by atoms with van der Waals surface area (Å²) in [4.78, 5) is 0. The van der Waals surface area contributed by atoms with Gasteiger partial charge in [0.15, 0.2) is 0 Å². The van der Waals surface area contributed by atoms with Gasteiger partial charge in [-0.3, -0.25) is 0 Å². The molecule has 0 radical (unpaired) electrons.